The maximum absolute atomic E-state index is 10.5. The van der Waals surface area contributed by atoms with Crippen LogP contribution in [0.15, 0.2) is 0 Å². The fourth-order valence-corrected chi connectivity index (χ4v) is 0.744. The summed E-state index contributed by atoms with van der Waals surface area (Å²) in [6.45, 7) is 7.36. The van der Waals surface area contributed by atoms with Gasteiger partial charge in [-0.25, -0.2) is 0 Å². The van der Waals surface area contributed by atoms with Gasteiger partial charge in [0.15, 0.2) is 0 Å². The average Bonchev–Trinajstić information content (AvgIpc) is 1.69. The molecule has 0 unspecified atom stereocenters. The second-order valence-corrected chi connectivity index (χ2v) is 1.98. The summed E-state index contributed by atoms with van der Waals surface area (Å²) in [7, 11) is 0. The number of rotatable bonds is 3. The van der Waals surface area contributed by atoms with E-state index in [0.29, 0.717) is 0 Å². The van der Waals surface area contributed by atoms with E-state index in [4.69, 9.17) is 0 Å². The molecule has 0 aromatic heterocycles. The van der Waals surface area contributed by atoms with Crippen LogP contribution in [-0.4, -0.2) is 5.78 Å². The Morgan fingerprint density at radius 2 is 1.88 bits per heavy atom. The fourth-order valence-electron chi connectivity index (χ4n) is 0.744. The van der Waals surface area contributed by atoms with Gasteiger partial charge in [-0.1, -0.05) is 13.8 Å². The van der Waals surface area contributed by atoms with Crippen LogP contribution in [0.25, 0.3) is 0 Å². The predicted octanol–water partition coefficient (Wildman–Crippen LogP) is 1.83. The summed E-state index contributed by atoms with van der Waals surface area (Å²) in [5.41, 5.74) is 0. The highest BCUT2D eigenvalue weighted by Gasteiger charge is 2.06. The molecule has 0 atom stereocenters. The molecule has 8 heavy (non-hydrogen) atoms. The summed E-state index contributed by atoms with van der Waals surface area (Å²) >= 11 is 0. The molecule has 0 spiro atoms. The fraction of sp³-hybridized carbons (Fsp3) is 0.714. The van der Waals surface area contributed by atoms with E-state index in [0.717, 1.165) is 12.8 Å². The van der Waals surface area contributed by atoms with E-state index in [1.165, 1.54) is 0 Å². The average molecular weight is 113 g/mol. The van der Waals surface area contributed by atoms with Gasteiger partial charge in [-0.3, -0.25) is 4.79 Å². The number of ketones is 1. The number of carbonyl (C=O) groups is 1. The summed E-state index contributed by atoms with van der Waals surface area (Å²) in [6.07, 6.45) is 1.86. The summed E-state index contributed by atoms with van der Waals surface area (Å²) in [6, 6.07) is 0. The smallest absolute Gasteiger partial charge is 0.136 e. The lowest BCUT2D eigenvalue weighted by Crippen LogP contribution is -2.07. The van der Waals surface area contributed by atoms with Crippen LogP contribution in [0, 0.1) is 12.8 Å². The van der Waals surface area contributed by atoms with Crippen LogP contribution in [-0.2, 0) is 4.79 Å². The number of hydrogen-bond acceptors (Lipinski definition) is 1. The van der Waals surface area contributed by atoms with E-state index in [2.05, 4.69) is 6.92 Å². The molecule has 1 heteroatoms. The molecule has 0 aliphatic carbocycles. The molecule has 0 bridgehead atoms. The Hall–Kier alpha value is -0.330. The normalized spacial score (nSPS) is 10.0. The largest absolute Gasteiger partial charge is 0.299 e. The van der Waals surface area contributed by atoms with Crippen LogP contribution >= 0.6 is 0 Å². The zero-order valence-corrected chi connectivity index (χ0v) is 5.61. The highest BCUT2D eigenvalue weighted by molar-refractivity contribution is 5.84. The van der Waals surface area contributed by atoms with Gasteiger partial charge in [-0.05, 0) is 12.8 Å². The second kappa shape index (κ2) is 3.65. The van der Waals surface area contributed by atoms with Crippen molar-refractivity contribution in [3.63, 3.8) is 0 Å². The molecule has 0 aliphatic rings. The van der Waals surface area contributed by atoms with Crippen molar-refractivity contribution in [3.8, 4) is 0 Å². The molecule has 0 aromatic rings. The predicted molar refractivity (Wildman–Crippen MR) is 34.4 cm³/mol. The highest BCUT2D eigenvalue weighted by atomic mass is 16.1. The van der Waals surface area contributed by atoms with Crippen molar-refractivity contribution in [2.75, 3.05) is 0 Å². The quantitative estimate of drug-likeness (QED) is 0.545. The molecule has 0 saturated heterocycles. The zero-order chi connectivity index (χ0) is 6.57. The van der Waals surface area contributed by atoms with Gasteiger partial charge in [0.1, 0.15) is 5.78 Å². The van der Waals surface area contributed by atoms with E-state index in [1.54, 1.807) is 0 Å². The minimum atomic E-state index is 0.0787. The van der Waals surface area contributed by atoms with E-state index in [-0.39, 0.29) is 11.7 Å². The zero-order valence-electron chi connectivity index (χ0n) is 5.61. The Kier molecular flexibility index (Phi) is 3.49. The molecule has 0 rings (SSSR count). The molecule has 0 heterocycles. The van der Waals surface area contributed by atoms with Crippen molar-refractivity contribution in [2.24, 2.45) is 5.92 Å². The van der Waals surface area contributed by atoms with Crippen LogP contribution in [0.2, 0.25) is 0 Å². The summed E-state index contributed by atoms with van der Waals surface area (Å²) in [5, 5.41) is 0. The minimum Gasteiger partial charge on any atom is -0.299 e. The minimum absolute atomic E-state index is 0.0787. The monoisotopic (exact) mass is 113 g/mol. The van der Waals surface area contributed by atoms with Crippen molar-refractivity contribution in [1.82, 2.24) is 0 Å². The molecule has 1 radical (unpaired) electrons. The van der Waals surface area contributed by atoms with Gasteiger partial charge in [0.2, 0.25) is 0 Å². The maximum Gasteiger partial charge on any atom is 0.136 e. The Morgan fingerprint density at radius 3 is 1.88 bits per heavy atom. The van der Waals surface area contributed by atoms with Crippen LogP contribution in [0.3, 0.4) is 0 Å². The van der Waals surface area contributed by atoms with Crippen molar-refractivity contribution in [2.45, 2.75) is 26.7 Å². The topological polar surface area (TPSA) is 17.1 Å². The lowest BCUT2D eigenvalue weighted by molar-refractivity contribution is -0.118. The van der Waals surface area contributed by atoms with Crippen LogP contribution in [0.4, 0.5) is 0 Å². The first-order valence-corrected chi connectivity index (χ1v) is 3.08. The molecule has 0 fully saturated rings. The Morgan fingerprint density at radius 1 is 1.50 bits per heavy atom. The molecular weight excluding hydrogens is 100 g/mol. The van der Waals surface area contributed by atoms with Crippen LogP contribution in [0.5, 0.6) is 0 Å². The van der Waals surface area contributed by atoms with E-state index in [9.17, 15) is 4.79 Å². The van der Waals surface area contributed by atoms with Gasteiger partial charge in [0, 0.05) is 12.8 Å². The van der Waals surface area contributed by atoms with Crippen molar-refractivity contribution in [1.29, 1.82) is 0 Å². The number of Topliss-reactive ketones (excluding diaryl/α,β-unsaturated/α-hetero) is 1. The van der Waals surface area contributed by atoms with Gasteiger partial charge in [-0.15, -0.1) is 0 Å². The summed E-state index contributed by atoms with van der Waals surface area (Å²) in [4.78, 5) is 10.5. The van der Waals surface area contributed by atoms with Gasteiger partial charge in [0.25, 0.3) is 0 Å². The molecule has 1 nitrogen and oxygen atoms in total. The van der Waals surface area contributed by atoms with E-state index >= 15 is 0 Å². The molecule has 0 N–H and O–H groups in total. The van der Waals surface area contributed by atoms with Gasteiger partial charge < -0.3 is 0 Å². The Bertz CT molecular complexity index is 72.5. The maximum atomic E-state index is 10.5. The van der Waals surface area contributed by atoms with Gasteiger partial charge >= 0.3 is 0 Å². The summed E-state index contributed by atoms with van der Waals surface area (Å²) in [5.74, 6) is 0.282. The number of carbonyl (C=O) groups excluding carboxylic acids is 1. The van der Waals surface area contributed by atoms with Crippen molar-refractivity contribution >= 4 is 5.78 Å². The third-order valence-electron chi connectivity index (χ3n) is 1.44. The number of hydrogen-bond donors (Lipinski definition) is 0. The molecule has 0 saturated carbocycles. The highest BCUT2D eigenvalue weighted by Crippen LogP contribution is 2.06. The first kappa shape index (κ1) is 7.67. The second-order valence-electron chi connectivity index (χ2n) is 1.98. The Balaban J connectivity index is 3.52. The van der Waals surface area contributed by atoms with Crippen LogP contribution < -0.4 is 0 Å². The lowest BCUT2D eigenvalue weighted by Gasteiger charge is -2.04. The third-order valence-corrected chi connectivity index (χ3v) is 1.44. The first-order chi connectivity index (χ1) is 3.72. The molecule has 0 aromatic carbocycles. The van der Waals surface area contributed by atoms with Crippen molar-refractivity contribution in [3.05, 3.63) is 6.92 Å². The van der Waals surface area contributed by atoms with Crippen LogP contribution in [0.1, 0.15) is 26.7 Å². The van der Waals surface area contributed by atoms with Gasteiger partial charge in [0.05, 0.1) is 0 Å². The first-order valence-electron chi connectivity index (χ1n) is 3.08. The lowest BCUT2D eigenvalue weighted by atomic mass is 10.00. The molecule has 0 aliphatic heterocycles. The SMILES string of the molecule is [CH2]C(=O)C(CC)CC. The molecule has 47 valence electrons. The summed E-state index contributed by atoms with van der Waals surface area (Å²) < 4.78 is 0. The Labute approximate surface area is 51.1 Å². The van der Waals surface area contributed by atoms with Crippen molar-refractivity contribution < 1.29 is 4.79 Å². The molecule has 0 amide bonds. The van der Waals surface area contributed by atoms with E-state index < -0.39 is 0 Å². The molecular formula is C7H13O. The standard InChI is InChI=1S/C7H13O/c1-4-7(5-2)6(3)8/h7H,3-5H2,1-2H3. The van der Waals surface area contributed by atoms with E-state index in [1.807, 2.05) is 13.8 Å². The van der Waals surface area contributed by atoms with Gasteiger partial charge in [-0.2, -0.15) is 0 Å². The third kappa shape index (κ3) is 2.10.